The lowest BCUT2D eigenvalue weighted by Crippen LogP contribution is -2.27. The molecule has 1 rings (SSSR count). The number of carboxylic acid groups (broad SMARTS) is 1. The first-order valence-electron chi connectivity index (χ1n) is 3.97. The van der Waals surface area contributed by atoms with E-state index in [0.717, 1.165) is 0 Å². The molecule has 0 radical (unpaired) electrons. The Morgan fingerprint density at radius 3 is 2.21 bits per heavy atom. The summed E-state index contributed by atoms with van der Waals surface area (Å²) in [6.07, 6.45) is 0. The average Bonchev–Trinajstić information content (AvgIpc) is 2.16. The van der Waals surface area contributed by atoms with Crippen LogP contribution in [0.15, 0.2) is 24.3 Å². The first-order valence-corrected chi connectivity index (χ1v) is 3.97. The molecule has 14 heavy (non-hydrogen) atoms. The number of rotatable bonds is 3. The number of hydrogen-bond acceptors (Lipinski definition) is 4. The van der Waals surface area contributed by atoms with Crippen LogP contribution in [0.2, 0.25) is 0 Å². The number of nitro groups is 1. The minimum absolute atomic E-state index is 0.0562. The van der Waals surface area contributed by atoms with Gasteiger partial charge in [0.25, 0.3) is 5.69 Å². The summed E-state index contributed by atoms with van der Waals surface area (Å²) in [5, 5.41) is 20.8. The molecular weight excluding hydrogens is 186 g/mol. The monoisotopic (exact) mass is 194 g/mol. The first-order chi connectivity index (χ1) is 6.52. The number of benzene rings is 1. The van der Waals surface area contributed by atoms with Crippen LogP contribution in [0.5, 0.6) is 0 Å². The van der Waals surface area contributed by atoms with Gasteiger partial charge in [-0.1, -0.05) is 19.1 Å². The van der Waals surface area contributed by atoms with Gasteiger partial charge in [-0.2, -0.15) is 0 Å². The van der Waals surface area contributed by atoms with Crippen molar-refractivity contribution in [3.63, 3.8) is 0 Å². The van der Waals surface area contributed by atoms with Crippen molar-refractivity contribution in [2.24, 2.45) is 0 Å². The van der Waals surface area contributed by atoms with Crippen molar-refractivity contribution >= 4 is 11.7 Å². The van der Waals surface area contributed by atoms with Gasteiger partial charge in [0.05, 0.1) is 4.92 Å². The molecule has 0 heterocycles. The van der Waals surface area contributed by atoms with E-state index in [1.54, 1.807) is 0 Å². The van der Waals surface area contributed by atoms with Gasteiger partial charge in [-0.05, 0) is 5.56 Å². The van der Waals surface area contributed by atoms with Gasteiger partial charge < -0.3 is 9.90 Å². The normalized spacial score (nSPS) is 12.1. The van der Waals surface area contributed by atoms with Gasteiger partial charge in [-0.3, -0.25) is 10.1 Å². The third-order valence-electron chi connectivity index (χ3n) is 1.96. The Morgan fingerprint density at radius 1 is 1.36 bits per heavy atom. The van der Waals surface area contributed by atoms with E-state index < -0.39 is 16.8 Å². The van der Waals surface area contributed by atoms with Crippen molar-refractivity contribution in [3.8, 4) is 0 Å². The summed E-state index contributed by atoms with van der Waals surface area (Å²) >= 11 is 0. The van der Waals surface area contributed by atoms with Crippen LogP contribution >= 0.6 is 0 Å². The molecule has 5 nitrogen and oxygen atoms in total. The van der Waals surface area contributed by atoms with E-state index >= 15 is 0 Å². The Hall–Kier alpha value is -1.91. The highest BCUT2D eigenvalue weighted by molar-refractivity contribution is 5.73. The SMILES string of the molecule is C[C@H](C(=O)[O-])c1ccc([N+](=O)[O-])cc1. The molecule has 0 fully saturated rings. The third kappa shape index (κ3) is 2.07. The fourth-order valence-corrected chi connectivity index (χ4v) is 1.02. The van der Waals surface area contributed by atoms with Crippen LogP contribution in [0.25, 0.3) is 0 Å². The van der Waals surface area contributed by atoms with Crippen molar-refractivity contribution in [2.45, 2.75) is 12.8 Å². The molecule has 5 heteroatoms. The lowest BCUT2D eigenvalue weighted by atomic mass is 10.0. The second-order valence-electron chi connectivity index (χ2n) is 2.89. The molecule has 1 atom stereocenters. The molecule has 0 aromatic heterocycles. The maximum Gasteiger partial charge on any atom is 0.269 e. The Bertz CT molecular complexity index is 358. The predicted octanol–water partition coefficient (Wildman–Crippen LogP) is 0.448. The standard InChI is InChI=1S/C9H9NO4/c1-6(9(11)12)7-2-4-8(5-3-7)10(13)14/h2-6H,1H3,(H,11,12)/p-1/t6-/m0/s1. The molecular formula is C9H8NO4-. The van der Waals surface area contributed by atoms with Gasteiger partial charge in [-0.25, -0.2) is 0 Å². The molecule has 0 N–H and O–H groups in total. The summed E-state index contributed by atoms with van der Waals surface area (Å²) in [5.41, 5.74) is 0.440. The zero-order chi connectivity index (χ0) is 10.7. The smallest absolute Gasteiger partial charge is 0.269 e. The molecule has 0 amide bonds. The van der Waals surface area contributed by atoms with E-state index in [2.05, 4.69) is 0 Å². The van der Waals surface area contributed by atoms with Crippen LogP contribution < -0.4 is 5.11 Å². The topological polar surface area (TPSA) is 83.3 Å². The molecule has 1 aromatic rings. The second kappa shape index (κ2) is 3.87. The van der Waals surface area contributed by atoms with Crippen LogP contribution in [0.1, 0.15) is 18.4 Å². The first kappa shape index (κ1) is 10.2. The summed E-state index contributed by atoms with van der Waals surface area (Å²) in [6, 6.07) is 5.38. The highest BCUT2D eigenvalue weighted by Gasteiger charge is 2.09. The maximum absolute atomic E-state index is 10.5. The lowest BCUT2D eigenvalue weighted by molar-refractivity contribution is -0.384. The minimum Gasteiger partial charge on any atom is -0.550 e. The molecule has 0 aliphatic rings. The zero-order valence-corrected chi connectivity index (χ0v) is 7.47. The van der Waals surface area contributed by atoms with E-state index in [4.69, 9.17) is 0 Å². The molecule has 1 aromatic carbocycles. The number of carboxylic acids is 1. The maximum atomic E-state index is 10.5. The Kier molecular flexibility index (Phi) is 2.81. The summed E-state index contributed by atoms with van der Waals surface area (Å²) in [6.45, 7) is 1.47. The number of non-ortho nitro benzene ring substituents is 1. The molecule has 0 saturated heterocycles. The van der Waals surface area contributed by atoms with Gasteiger partial charge in [0, 0.05) is 24.0 Å². The fourth-order valence-electron chi connectivity index (χ4n) is 1.02. The molecule has 0 bridgehead atoms. The molecule has 0 aliphatic heterocycles. The van der Waals surface area contributed by atoms with Crippen molar-refractivity contribution < 1.29 is 14.8 Å². The average molecular weight is 194 g/mol. The number of aliphatic carboxylic acids is 1. The Labute approximate surface area is 80.1 Å². The Morgan fingerprint density at radius 2 is 1.86 bits per heavy atom. The molecule has 0 unspecified atom stereocenters. The van der Waals surface area contributed by atoms with Crippen LogP contribution in [0.3, 0.4) is 0 Å². The highest BCUT2D eigenvalue weighted by atomic mass is 16.6. The minimum atomic E-state index is -1.20. The van der Waals surface area contributed by atoms with Gasteiger partial charge >= 0.3 is 0 Å². The number of nitro benzene ring substituents is 1. The summed E-state index contributed by atoms with van der Waals surface area (Å²) in [4.78, 5) is 20.2. The number of nitrogens with zero attached hydrogens (tertiary/aromatic N) is 1. The molecule has 74 valence electrons. The van der Waals surface area contributed by atoms with Gasteiger partial charge in [0.2, 0.25) is 0 Å². The number of carbonyl (C=O) groups excluding carboxylic acids is 1. The summed E-state index contributed by atoms with van der Waals surface area (Å²) in [7, 11) is 0. The van der Waals surface area contributed by atoms with E-state index in [1.165, 1.54) is 31.2 Å². The van der Waals surface area contributed by atoms with Crippen molar-refractivity contribution in [1.29, 1.82) is 0 Å². The summed E-state index contributed by atoms with van der Waals surface area (Å²) in [5.74, 6) is -1.95. The largest absolute Gasteiger partial charge is 0.550 e. The molecule has 0 saturated carbocycles. The van der Waals surface area contributed by atoms with Crippen LogP contribution in [0, 0.1) is 10.1 Å². The third-order valence-corrected chi connectivity index (χ3v) is 1.96. The van der Waals surface area contributed by atoms with E-state index in [1.807, 2.05) is 0 Å². The van der Waals surface area contributed by atoms with E-state index in [9.17, 15) is 20.0 Å². The van der Waals surface area contributed by atoms with Gasteiger partial charge in [0.1, 0.15) is 0 Å². The van der Waals surface area contributed by atoms with E-state index in [0.29, 0.717) is 5.56 Å². The fraction of sp³-hybridized carbons (Fsp3) is 0.222. The molecule has 0 spiro atoms. The van der Waals surface area contributed by atoms with Crippen molar-refractivity contribution in [2.75, 3.05) is 0 Å². The van der Waals surface area contributed by atoms with Crippen LogP contribution in [0.4, 0.5) is 5.69 Å². The second-order valence-corrected chi connectivity index (χ2v) is 2.89. The predicted molar refractivity (Wildman–Crippen MR) is 46.5 cm³/mol. The Balaban J connectivity index is 2.94. The van der Waals surface area contributed by atoms with Crippen LogP contribution in [-0.4, -0.2) is 10.9 Å². The molecule has 0 aliphatic carbocycles. The number of carbonyl (C=O) groups is 1. The van der Waals surface area contributed by atoms with Crippen molar-refractivity contribution in [3.05, 3.63) is 39.9 Å². The lowest BCUT2D eigenvalue weighted by Gasteiger charge is -2.11. The van der Waals surface area contributed by atoms with Gasteiger partial charge in [0.15, 0.2) is 0 Å². The van der Waals surface area contributed by atoms with Crippen molar-refractivity contribution in [1.82, 2.24) is 0 Å². The quantitative estimate of drug-likeness (QED) is 0.516. The zero-order valence-electron chi connectivity index (χ0n) is 7.47. The van der Waals surface area contributed by atoms with Gasteiger partial charge in [-0.15, -0.1) is 0 Å². The highest BCUT2D eigenvalue weighted by Crippen LogP contribution is 2.18. The number of hydrogen-bond donors (Lipinski definition) is 0. The summed E-state index contributed by atoms with van der Waals surface area (Å²) < 4.78 is 0. The van der Waals surface area contributed by atoms with E-state index in [-0.39, 0.29) is 5.69 Å². The van der Waals surface area contributed by atoms with Crippen LogP contribution in [-0.2, 0) is 4.79 Å².